The first kappa shape index (κ1) is 15.3. The van der Waals surface area contributed by atoms with Crippen LogP contribution in [0, 0.1) is 0 Å². The number of ether oxygens (including phenoxy) is 1. The van der Waals surface area contributed by atoms with E-state index in [1.165, 1.54) is 12.0 Å². The van der Waals surface area contributed by atoms with Crippen molar-refractivity contribution in [2.75, 3.05) is 40.3 Å². The number of nitrogens with zero attached hydrogens (tertiary/aromatic N) is 2. The largest absolute Gasteiger partial charge is 0.494 e. The molecule has 0 saturated carbocycles. The molecule has 0 aliphatic carbocycles. The monoisotopic (exact) mass is 277 g/mol. The molecule has 4 nitrogen and oxygen atoms in total. The Labute approximate surface area is 122 Å². The van der Waals surface area contributed by atoms with Crippen molar-refractivity contribution in [3.63, 3.8) is 0 Å². The van der Waals surface area contributed by atoms with E-state index in [1.54, 1.807) is 0 Å². The van der Waals surface area contributed by atoms with Gasteiger partial charge in [0.05, 0.1) is 6.61 Å². The average Bonchev–Trinajstić information content (AvgIpc) is 2.90. The summed E-state index contributed by atoms with van der Waals surface area (Å²) < 4.78 is 5.60. The highest BCUT2D eigenvalue weighted by atomic mass is 16.5. The van der Waals surface area contributed by atoms with E-state index < -0.39 is 0 Å². The molecule has 0 amide bonds. The van der Waals surface area contributed by atoms with Gasteiger partial charge < -0.3 is 15.4 Å². The van der Waals surface area contributed by atoms with E-state index in [1.807, 2.05) is 13.0 Å². The maximum atomic E-state index is 6.03. The van der Waals surface area contributed by atoms with Crippen LogP contribution in [0.15, 0.2) is 24.3 Å². The third kappa shape index (κ3) is 3.51. The van der Waals surface area contributed by atoms with Gasteiger partial charge in [0.15, 0.2) is 0 Å². The number of nitrogens with two attached hydrogens (primary N) is 1. The molecule has 2 rings (SSSR count). The number of rotatable bonds is 6. The van der Waals surface area contributed by atoms with Crippen LogP contribution >= 0.6 is 0 Å². The Kier molecular flexibility index (Phi) is 5.40. The van der Waals surface area contributed by atoms with E-state index in [-0.39, 0.29) is 0 Å². The highest BCUT2D eigenvalue weighted by Crippen LogP contribution is 2.27. The van der Waals surface area contributed by atoms with E-state index in [2.05, 4.69) is 42.1 Å². The van der Waals surface area contributed by atoms with Crippen LogP contribution in [-0.2, 0) is 0 Å². The minimum atomic E-state index is 0.292. The van der Waals surface area contributed by atoms with Crippen LogP contribution in [0.1, 0.15) is 24.9 Å². The van der Waals surface area contributed by atoms with Crippen LogP contribution in [0.5, 0.6) is 5.75 Å². The Bertz CT molecular complexity index is 422. The van der Waals surface area contributed by atoms with E-state index >= 15 is 0 Å². The molecule has 2 atom stereocenters. The molecular formula is C16H27N3O. The smallest absolute Gasteiger partial charge is 0.119 e. The van der Waals surface area contributed by atoms with Crippen LogP contribution in [0.25, 0.3) is 0 Å². The third-order valence-corrected chi connectivity index (χ3v) is 4.14. The molecular weight excluding hydrogens is 250 g/mol. The number of hydrogen-bond donors (Lipinski definition) is 1. The number of hydrogen-bond acceptors (Lipinski definition) is 4. The summed E-state index contributed by atoms with van der Waals surface area (Å²) in [5, 5.41) is 0. The number of likely N-dealkylation sites (tertiary alicyclic amines) is 1. The molecule has 1 heterocycles. The first-order valence-corrected chi connectivity index (χ1v) is 7.49. The van der Waals surface area contributed by atoms with E-state index in [0.29, 0.717) is 25.2 Å². The second kappa shape index (κ2) is 7.07. The quantitative estimate of drug-likeness (QED) is 0.860. The maximum absolute atomic E-state index is 6.03. The molecule has 20 heavy (non-hydrogen) atoms. The van der Waals surface area contributed by atoms with Gasteiger partial charge in [-0.2, -0.15) is 0 Å². The summed E-state index contributed by atoms with van der Waals surface area (Å²) in [7, 11) is 4.31. The molecule has 1 aromatic carbocycles. The van der Waals surface area contributed by atoms with Gasteiger partial charge in [-0.25, -0.2) is 0 Å². The maximum Gasteiger partial charge on any atom is 0.119 e. The molecule has 1 aliphatic rings. The summed E-state index contributed by atoms with van der Waals surface area (Å²) in [5.41, 5.74) is 7.30. The molecule has 1 aliphatic heterocycles. The van der Waals surface area contributed by atoms with Gasteiger partial charge >= 0.3 is 0 Å². The van der Waals surface area contributed by atoms with Crippen molar-refractivity contribution in [1.82, 2.24) is 9.80 Å². The van der Waals surface area contributed by atoms with Crippen molar-refractivity contribution in [3.8, 4) is 5.75 Å². The Morgan fingerprint density at radius 3 is 2.85 bits per heavy atom. The van der Waals surface area contributed by atoms with Crippen LogP contribution in [0.3, 0.4) is 0 Å². The second-order valence-corrected chi connectivity index (χ2v) is 5.66. The van der Waals surface area contributed by atoms with Crippen LogP contribution in [-0.4, -0.2) is 56.2 Å². The summed E-state index contributed by atoms with van der Waals surface area (Å²) in [6, 6.07) is 9.28. The van der Waals surface area contributed by atoms with Crippen molar-refractivity contribution < 1.29 is 4.74 Å². The Hall–Kier alpha value is -1.10. The van der Waals surface area contributed by atoms with Crippen molar-refractivity contribution >= 4 is 0 Å². The Morgan fingerprint density at radius 1 is 1.45 bits per heavy atom. The normalized spacial score (nSPS) is 21.4. The van der Waals surface area contributed by atoms with Crippen molar-refractivity contribution in [2.24, 2.45) is 5.73 Å². The SMILES string of the molecule is CCOc1cccc(C(CN)N2CCC(N(C)C)C2)c1. The zero-order valence-electron chi connectivity index (χ0n) is 12.9. The topological polar surface area (TPSA) is 41.7 Å². The molecule has 2 unspecified atom stereocenters. The fourth-order valence-corrected chi connectivity index (χ4v) is 2.95. The Balaban J connectivity index is 2.10. The van der Waals surface area contributed by atoms with Gasteiger partial charge in [-0.1, -0.05) is 12.1 Å². The van der Waals surface area contributed by atoms with Crippen LogP contribution in [0.4, 0.5) is 0 Å². The fraction of sp³-hybridized carbons (Fsp3) is 0.625. The minimum Gasteiger partial charge on any atom is -0.494 e. The lowest BCUT2D eigenvalue weighted by atomic mass is 10.1. The molecule has 0 spiro atoms. The molecule has 4 heteroatoms. The Morgan fingerprint density at radius 2 is 2.25 bits per heavy atom. The highest BCUT2D eigenvalue weighted by Gasteiger charge is 2.29. The zero-order valence-corrected chi connectivity index (χ0v) is 12.9. The average molecular weight is 277 g/mol. The van der Waals surface area contributed by atoms with Crippen molar-refractivity contribution in [2.45, 2.75) is 25.4 Å². The number of likely N-dealkylation sites (N-methyl/N-ethyl adjacent to an activating group) is 1. The lowest BCUT2D eigenvalue weighted by Crippen LogP contribution is -2.36. The first-order valence-electron chi connectivity index (χ1n) is 7.49. The molecule has 1 aromatic rings. The molecule has 0 radical (unpaired) electrons. The van der Waals surface area contributed by atoms with Gasteiger partial charge in [-0.05, 0) is 45.1 Å². The zero-order chi connectivity index (χ0) is 14.5. The lowest BCUT2D eigenvalue weighted by Gasteiger charge is -2.28. The van der Waals surface area contributed by atoms with Gasteiger partial charge in [-0.3, -0.25) is 4.90 Å². The van der Waals surface area contributed by atoms with E-state index in [4.69, 9.17) is 10.5 Å². The fourth-order valence-electron chi connectivity index (χ4n) is 2.95. The third-order valence-electron chi connectivity index (χ3n) is 4.14. The lowest BCUT2D eigenvalue weighted by molar-refractivity contribution is 0.220. The predicted octanol–water partition coefficient (Wildman–Crippen LogP) is 1.72. The molecule has 1 saturated heterocycles. The highest BCUT2D eigenvalue weighted by molar-refractivity contribution is 5.31. The molecule has 112 valence electrons. The predicted molar refractivity (Wildman–Crippen MR) is 83.1 cm³/mol. The van der Waals surface area contributed by atoms with Crippen molar-refractivity contribution in [1.29, 1.82) is 0 Å². The molecule has 0 bridgehead atoms. The van der Waals surface area contributed by atoms with Crippen LogP contribution < -0.4 is 10.5 Å². The minimum absolute atomic E-state index is 0.292. The first-order chi connectivity index (χ1) is 9.65. The summed E-state index contributed by atoms with van der Waals surface area (Å²) >= 11 is 0. The van der Waals surface area contributed by atoms with E-state index in [0.717, 1.165) is 18.8 Å². The molecule has 2 N–H and O–H groups in total. The molecule has 0 aromatic heterocycles. The molecule has 1 fully saturated rings. The van der Waals surface area contributed by atoms with Gasteiger partial charge in [0.2, 0.25) is 0 Å². The van der Waals surface area contributed by atoms with Gasteiger partial charge in [0.25, 0.3) is 0 Å². The van der Waals surface area contributed by atoms with E-state index in [9.17, 15) is 0 Å². The van der Waals surface area contributed by atoms with Gasteiger partial charge in [0, 0.05) is 31.7 Å². The summed E-state index contributed by atoms with van der Waals surface area (Å²) in [6.07, 6.45) is 1.22. The second-order valence-electron chi connectivity index (χ2n) is 5.66. The summed E-state index contributed by atoms with van der Waals surface area (Å²) in [5.74, 6) is 0.937. The van der Waals surface area contributed by atoms with Crippen molar-refractivity contribution in [3.05, 3.63) is 29.8 Å². The van der Waals surface area contributed by atoms with Crippen LogP contribution in [0.2, 0.25) is 0 Å². The summed E-state index contributed by atoms with van der Waals surface area (Å²) in [4.78, 5) is 4.81. The standard InChI is InChI=1S/C16H27N3O/c1-4-20-15-7-5-6-13(10-15)16(11-17)19-9-8-14(12-19)18(2)3/h5-7,10,14,16H,4,8-9,11-12,17H2,1-3H3. The van der Waals surface area contributed by atoms with Gasteiger partial charge in [-0.15, -0.1) is 0 Å². The van der Waals surface area contributed by atoms with Gasteiger partial charge in [0.1, 0.15) is 5.75 Å². The number of benzene rings is 1. The summed E-state index contributed by atoms with van der Waals surface area (Å²) in [6.45, 7) is 5.56.